The van der Waals surface area contributed by atoms with E-state index < -0.39 is 18.4 Å². The Kier molecular flexibility index (Phi) is 7.44. The van der Waals surface area contributed by atoms with E-state index in [0.717, 1.165) is 22.3 Å². The van der Waals surface area contributed by atoms with Crippen LogP contribution in [0.5, 0.6) is 11.6 Å². The maximum Gasteiger partial charge on any atom is 0.573 e. The van der Waals surface area contributed by atoms with Crippen LogP contribution < -0.4 is 9.47 Å². The molecule has 1 atom stereocenters. The SMILES string of the molecule is O=C(O)c1[nH]nnc1OC(Cc1ccc(Cl)cc1)Cc1ccc(-c2ccc(OC(F)(F)F)cc2)cc1. The summed E-state index contributed by atoms with van der Waals surface area (Å²) in [6, 6.07) is 20.2. The molecule has 0 aliphatic heterocycles. The zero-order chi connectivity index (χ0) is 25.7. The molecule has 1 heterocycles. The highest BCUT2D eigenvalue weighted by molar-refractivity contribution is 6.30. The summed E-state index contributed by atoms with van der Waals surface area (Å²) in [7, 11) is 0. The highest BCUT2D eigenvalue weighted by atomic mass is 35.5. The fourth-order valence-electron chi connectivity index (χ4n) is 3.58. The van der Waals surface area contributed by atoms with Gasteiger partial charge in [-0.2, -0.15) is 0 Å². The summed E-state index contributed by atoms with van der Waals surface area (Å²) < 4.78 is 47.0. The second kappa shape index (κ2) is 10.7. The summed E-state index contributed by atoms with van der Waals surface area (Å²) in [6.07, 6.45) is -4.34. The number of rotatable bonds is 9. The molecule has 1 aromatic heterocycles. The topological polar surface area (TPSA) is 97.3 Å². The third kappa shape index (κ3) is 6.76. The Morgan fingerprint density at radius 2 is 1.44 bits per heavy atom. The van der Waals surface area contributed by atoms with Crippen molar-refractivity contribution in [1.82, 2.24) is 15.4 Å². The van der Waals surface area contributed by atoms with Crippen LogP contribution in [0.1, 0.15) is 21.6 Å². The number of nitrogens with one attached hydrogen (secondary N) is 1. The largest absolute Gasteiger partial charge is 0.573 e. The Bertz CT molecular complexity index is 1310. The number of hydrogen-bond donors (Lipinski definition) is 2. The van der Waals surface area contributed by atoms with Gasteiger partial charge in [-0.1, -0.05) is 70.4 Å². The van der Waals surface area contributed by atoms with Gasteiger partial charge >= 0.3 is 12.3 Å². The van der Waals surface area contributed by atoms with Gasteiger partial charge in [0.05, 0.1) is 0 Å². The average molecular weight is 518 g/mol. The number of benzene rings is 3. The van der Waals surface area contributed by atoms with Crippen LogP contribution in [0.15, 0.2) is 72.8 Å². The van der Waals surface area contributed by atoms with Crippen molar-refractivity contribution < 1.29 is 32.5 Å². The van der Waals surface area contributed by atoms with E-state index in [2.05, 4.69) is 20.1 Å². The quantitative estimate of drug-likeness (QED) is 0.284. The molecule has 7 nitrogen and oxygen atoms in total. The number of nitrogens with zero attached hydrogens (tertiary/aromatic N) is 2. The fourth-order valence-corrected chi connectivity index (χ4v) is 3.71. The molecular weight excluding hydrogens is 499 g/mol. The molecule has 0 bridgehead atoms. The van der Waals surface area contributed by atoms with Crippen LogP contribution in [0.25, 0.3) is 11.1 Å². The lowest BCUT2D eigenvalue weighted by Crippen LogP contribution is -2.23. The van der Waals surface area contributed by atoms with Crippen molar-refractivity contribution in [1.29, 1.82) is 0 Å². The number of hydrogen-bond acceptors (Lipinski definition) is 5. The van der Waals surface area contributed by atoms with E-state index in [1.165, 1.54) is 12.1 Å². The summed E-state index contributed by atoms with van der Waals surface area (Å²) in [4.78, 5) is 11.4. The van der Waals surface area contributed by atoms with E-state index in [9.17, 15) is 23.1 Å². The monoisotopic (exact) mass is 517 g/mol. The van der Waals surface area contributed by atoms with Crippen LogP contribution in [0.4, 0.5) is 13.2 Å². The van der Waals surface area contributed by atoms with Gasteiger partial charge in [-0.25, -0.2) is 9.89 Å². The molecule has 3 aromatic carbocycles. The van der Waals surface area contributed by atoms with E-state index in [1.807, 2.05) is 36.4 Å². The van der Waals surface area contributed by atoms with Gasteiger partial charge in [-0.05, 0) is 46.5 Å². The molecule has 0 saturated heterocycles. The van der Waals surface area contributed by atoms with Gasteiger partial charge in [0.2, 0.25) is 5.69 Å². The number of halogens is 4. The molecule has 11 heteroatoms. The lowest BCUT2D eigenvalue weighted by molar-refractivity contribution is -0.274. The fraction of sp³-hybridized carbons (Fsp3) is 0.160. The summed E-state index contributed by atoms with van der Waals surface area (Å²) in [5.74, 6) is -1.64. The smallest absolute Gasteiger partial charge is 0.476 e. The number of carboxylic acid groups (broad SMARTS) is 1. The Morgan fingerprint density at radius 1 is 0.917 bits per heavy atom. The van der Waals surface area contributed by atoms with Crippen molar-refractivity contribution >= 4 is 17.6 Å². The molecule has 0 aliphatic rings. The first-order valence-electron chi connectivity index (χ1n) is 10.7. The number of carboxylic acids is 1. The third-order valence-corrected chi connectivity index (χ3v) is 5.48. The van der Waals surface area contributed by atoms with E-state index in [-0.39, 0.29) is 17.3 Å². The Morgan fingerprint density at radius 3 is 1.97 bits per heavy atom. The highest BCUT2D eigenvalue weighted by Crippen LogP contribution is 2.27. The zero-order valence-corrected chi connectivity index (χ0v) is 19.3. The van der Waals surface area contributed by atoms with E-state index in [1.54, 1.807) is 24.3 Å². The molecule has 0 amide bonds. The summed E-state index contributed by atoms with van der Waals surface area (Å²) in [5.41, 5.74) is 3.11. The third-order valence-electron chi connectivity index (χ3n) is 5.22. The summed E-state index contributed by atoms with van der Waals surface area (Å²) in [6.45, 7) is 0. The molecule has 0 fully saturated rings. The van der Waals surface area contributed by atoms with Gasteiger partial charge in [0.1, 0.15) is 11.9 Å². The molecule has 1 unspecified atom stereocenters. The maximum atomic E-state index is 12.4. The van der Waals surface area contributed by atoms with Gasteiger partial charge < -0.3 is 14.6 Å². The van der Waals surface area contributed by atoms with Crippen molar-refractivity contribution in [2.45, 2.75) is 25.3 Å². The van der Waals surface area contributed by atoms with Gasteiger partial charge in [-0.15, -0.1) is 13.2 Å². The normalized spacial score (nSPS) is 12.2. The predicted octanol–water partition coefficient (Wildman–Crippen LogP) is 5.95. The number of aromatic nitrogens is 3. The maximum absolute atomic E-state index is 12.4. The van der Waals surface area contributed by atoms with E-state index in [0.29, 0.717) is 17.9 Å². The molecule has 0 radical (unpaired) electrons. The minimum absolute atomic E-state index is 0.112. The van der Waals surface area contributed by atoms with Crippen LogP contribution in [0, 0.1) is 0 Å². The second-order valence-corrected chi connectivity index (χ2v) is 8.28. The Labute approximate surface area is 208 Å². The van der Waals surface area contributed by atoms with Crippen LogP contribution in [0.2, 0.25) is 5.02 Å². The first kappa shape index (κ1) is 25.1. The first-order valence-corrected chi connectivity index (χ1v) is 11.0. The van der Waals surface area contributed by atoms with Crippen molar-refractivity contribution in [3.8, 4) is 22.8 Å². The second-order valence-electron chi connectivity index (χ2n) is 7.84. The van der Waals surface area contributed by atoms with Gasteiger partial charge in [0.15, 0.2) is 0 Å². The molecule has 0 saturated carbocycles. The van der Waals surface area contributed by atoms with Crippen LogP contribution in [-0.4, -0.2) is 39.0 Å². The zero-order valence-electron chi connectivity index (χ0n) is 18.5. The lowest BCUT2D eigenvalue weighted by atomic mass is 9.98. The standard InChI is InChI=1S/C25H19ClF3N3O4/c26-19-9-3-16(4-10-19)14-21(35-23-22(24(33)34)30-32-31-23)13-15-1-5-17(6-2-15)18-7-11-20(12-8-18)36-25(27,28)29/h1-12,21H,13-14H2,(H,33,34)(H,30,31,32). The van der Waals surface area contributed by atoms with Crippen molar-refractivity contribution in [3.05, 3.63) is 94.6 Å². The molecule has 2 N–H and O–H groups in total. The molecule has 0 spiro atoms. The average Bonchev–Trinajstić information content (AvgIpc) is 3.29. The molecular formula is C25H19ClF3N3O4. The minimum atomic E-state index is -4.75. The Balaban J connectivity index is 1.50. The molecule has 4 aromatic rings. The highest BCUT2D eigenvalue weighted by Gasteiger charge is 2.31. The predicted molar refractivity (Wildman–Crippen MR) is 125 cm³/mol. The minimum Gasteiger partial charge on any atom is -0.476 e. The van der Waals surface area contributed by atoms with E-state index >= 15 is 0 Å². The molecule has 4 rings (SSSR count). The first-order chi connectivity index (χ1) is 17.2. The number of alkyl halides is 3. The molecule has 186 valence electrons. The number of ether oxygens (including phenoxy) is 2. The van der Waals surface area contributed by atoms with Crippen LogP contribution in [-0.2, 0) is 12.8 Å². The van der Waals surface area contributed by atoms with Crippen molar-refractivity contribution in [2.24, 2.45) is 0 Å². The number of carbonyl (C=O) groups is 1. The van der Waals surface area contributed by atoms with Gasteiger partial charge in [0, 0.05) is 17.9 Å². The van der Waals surface area contributed by atoms with Gasteiger partial charge in [-0.3, -0.25) is 0 Å². The van der Waals surface area contributed by atoms with Crippen molar-refractivity contribution in [2.75, 3.05) is 0 Å². The lowest BCUT2D eigenvalue weighted by Gasteiger charge is -2.18. The van der Waals surface area contributed by atoms with Crippen LogP contribution >= 0.6 is 11.6 Å². The van der Waals surface area contributed by atoms with Gasteiger partial charge in [0.25, 0.3) is 5.88 Å². The summed E-state index contributed by atoms with van der Waals surface area (Å²) in [5, 5.41) is 19.5. The number of H-pyrrole nitrogens is 1. The molecule has 36 heavy (non-hydrogen) atoms. The molecule has 0 aliphatic carbocycles. The number of aromatic carboxylic acids is 1. The summed E-state index contributed by atoms with van der Waals surface area (Å²) >= 11 is 5.98. The van der Waals surface area contributed by atoms with Crippen molar-refractivity contribution in [3.63, 3.8) is 0 Å². The Hall–Kier alpha value is -4.05. The van der Waals surface area contributed by atoms with Crippen LogP contribution in [0.3, 0.4) is 0 Å². The number of aromatic amines is 1. The van der Waals surface area contributed by atoms with E-state index in [4.69, 9.17) is 16.3 Å².